The van der Waals surface area contributed by atoms with Crippen molar-refractivity contribution < 1.29 is 21.6 Å². The minimum absolute atomic E-state index is 0.146. The number of nitrogens with one attached hydrogen (secondary N) is 1. The summed E-state index contributed by atoms with van der Waals surface area (Å²) < 4.78 is 50.8. The molecule has 0 aromatic heterocycles. The fraction of sp³-hybridized carbons (Fsp3) is 0.500. The van der Waals surface area contributed by atoms with Gasteiger partial charge >= 0.3 is 0 Å². The molecule has 1 amide bonds. The lowest BCUT2D eigenvalue weighted by Crippen LogP contribution is -2.57. The molecule has 132 valence electrons. The van der Waals surface area contributed by atoms with E-state index < -0.39 is 31.7 Å². The van der Waals surface area contributed by atoms with Crippen molar-refractivity contribution in [1.82, 2.24) is 9.62 Å². The lowest BCUT2D eigenvalue weighted by atomic mass is 10.2. The van der Waals surface area contributed by atoms with E-state index in [0.717, 1.165) is 6.26 Å². The number of sulfonamides is 1. The molecule has 3 rings (SSSR count). The van der Waals surface area contributed by atoms with Gasteiger partial charge < -0.3 is 5.32 Å². The van der Waals surface area contributed by atoms with Gasteiger partial charge in [0.2, 0.25) is 15.9 Å². The van der Waals surface area contributed by atoms with Crippen LogP contribution < -0.4 is 5.32 Å². The van der Waals surface area contributed by atoms with Gasteiger partial charge in [-0.3, -0.25) is 4.79 Å². The van der Waals surface area contributed by atoms with E-state index in [1.165, 1.54) is 22.5 Å². The molecule has 0 saturated carbocycles. The molecule has 7 nitrogen and oxygen atoms in total. The van der Waals surface area contributed by atoms with Gasteiger partial charge in [0, 0.05) is 23.9 Å². The normalized spacial score (nSPS) is 24.8. The van der Waals surface area contributed by atoms with E-state index in [1.807, 2.05) is 0 Å². The van der Waals surface area contributed by atoms with Crippen LogP contribution >= 0.6 is 11.6 Å². The van der Waals surface area contributed by atoms with E-state index in [4.69, 9.17) is 11.6 Å². The topological polar surface area (TPSA) is 101 Å². The fourth-order valence-corrected chi connectivity index (χ4v) is 6.51. The van der Waals surface area contributed by atoms with Gasteiger partial charge in [0.1, 0.15) is 6.04 Å². The van der Waals surface area contributed by atoms with E-state index >= 15 is 0 Å². The third-order valence-corrected chi connectivity index (χ3v) is 7.37. The molecule has 2 aliphatic rings. The Hall–Kier alpha value is -1.16. The second-order valence-corrected chi connectivity index (χ2v) is 10.5. The van der Waals surface area contributed by atoms with Gasteiger partial charge in [0.15, 0.2) is 9.84 Å². The van der Waals surface area contributed by atoms with Crippen LogP contribution in [-0.4, -0.2) is 51.9 Å². The maximum Gasteiger partial charge on any atom is 0.244 e. The van der Waals surface area contributed by atoms with Crippen LogP contribution in [0.4, 0.5) is 0 Å². The number of carbonyl (C=O) groups excluding carboxylic acids is 1. The highest BCUT2D eigenvalue weighted by atomic mass is 35.5. The van der Waals surface area contributed by atoms with E-state index in [2.05, 4.69) is 5.32 Å². The van der Waals surface area contributed by atoms with Crippen molar-refractivity contribution in [3.05, 3.63) is 28.8 Å². The number of nitrogens with zero attached hydrogens (tertiary/aromatic N) is 1. The molecule has 0 spiro atoms. The standard InChI is InChI=1S/C14H17ClN2O5S2/c1-23(19,20)8-9-2-3-10(15)6-13(9)24(21,22)17-11-4-5-12(17)14(18)16-7-11/h2-3,6,11-12H,4-5,7-8H2,1H3,(H,16,18). The van der Waals surface area contributed by atoms with Crippen LogP contribution in [0.2, 0.25) is 5.02 Å². The highest BCUT2D eigenvalue weighted by Crippen LogP contribution is 2.35. The van der Waals surface area contributed by atoms with Crippen LogP contribution in [0, 0.1) is 0 Å². The molecule has 2 bridgehead atoms. The van der Waals surface area contributed by atoms with Gasteiger partial charge in [0.05, 0.1) is 10.6 Å². The number of sulfone groups is 1. The van der Waals surface area contributed by atoms with Crippen molar-refractivity contribution in [2.24, 2.45) is 0 Å². The second kappa shape index (κ2) is 5.98. The predicted molar refractivity (Wildman–Crippen MR) is 88.8 cm³/mol. The summed E-state index contributed by atoms with van der Waals surface area (Å²) in [6.45, 7) is 0.260. The van der Waals surface area contributed by atoms with Crippen molar-refractivity contribution in [3.63, 3.8) is 0 Å². The molecule has 2 fully saturated rings. The minimum Gasteiger partial charge on any atom is -0.353 e. The molecule has 0 radical (unpaired) electrons. The summed E-state index contributed by atoms with van der Waals surface area (Å²) >= 11 is 5.94. The zero-order valence-electron chi connectivity index (χ0n) is 12.9. The zero-order valence-corrected chi connectivity index (χ0v) is 15.3. The van der Waals surface area contributed by atoms with Gasteiger partial charge in [0.25, 0.3) is 0 Å². The molecule has 2 aliphatic heterocycles. The van der Waals surface area contributed by atoms with Crippen molar-refractivity contribution in [3.8, 4) is 0 Å². The Morgan fingerprint density at radius 1 is 1.25 bits per heavy atom. The molecule has 1 aromatic rings. The van der Waals surface area contributed by atoms with E-state index in [-0.39, 0.29) is 34.0 Å². The Morgan fingerprint density at radius 3 is 2.62 bits per heavy atom. The number of hydrogen-bond acceptors (Lipinski definition) is 5. The number of rotatable bonds is 4. The monoisotopic (exact) mass is 392 g/mol. The quantitative estimate of drug-likeness (QED) is 0.805. The van der Waals surface area contributed by atoms with E-state index in [0.29, 0.717) is 12.8 Å². The Kier molecular flexibility index (Phi) is 4.40. The molecule has 2 heterocycles. The first kappa shape index (κ1) is 17.7. The van der Waals surface area contributed by atoms with E-state index in [1.54, 1.807) is 0 Å². The summed E-state index contributed by atoms with van der Waals surface area (Å²) in [4.78, 5) is 11.8. The Balaban J connectivity index is 2.10. The van der Waals surface area contributed by atoms with Gasteiger partial charge in [-0.05, 0) is 30.5 Å². The predicted octanol–water partition coefficient (Wildman–Crippen LogP) is 0.536. The second-order valence-electron chi connectivity index (χ2n) is 6.15. The number of amides is 1. The number of fused-ring (bicyclic) bond motifs is 2. The molecule has 10 heteroatoms. The highest BCUT2D eigenvalue weighted by molar-refractivity contribution is 7.90. The molecular formula is C14H17ClN2O5S2. The maximum absolute atomic E-state index is 13.1. The molecule has 24 heavy (non-hydrogen) atoms. The van der Waals surface area contributed by atoms with Crippen LogP contribution in [0.5, 0.6) is 0 Å². The molecular weight excluding hydrogens is 376 g/mol. The Bertz CT molecular complexity index is 898. The smallest absolute Gasteiger partial charge is 0.244 e. The van der Waals surface area contributed by atoms with Crippen LogP contribution in [0.25, 0.3) is 0 Å². The van der Waals surface area contributed by atoms with Gasteiger partial charge in [-0.15, -0.1) is 0 Å². The lowest BCUT2D eigenvalue weighted by Gasteiger charge is -2.33. The molecule has 1 aromatic carbocycles. The minimum atomic E-state index is -4.03. The summed E-state index contributed by atoms with van der Waals surface area (Å²) in [6, 6.07) is 3.05. The SMILES string of the molecule is CS(=O)(=O)Cc1ccc(Cl)cc1S(=O)(=O)N1C2CCC1C(=O)NC2. The van der Waals surface area contributed by atoms with Crippen LogP contribution in [0.3, 0.4) is 0 Å². The van der Waals surface area contributed by atoms with Crippen LogP contribution in [0.1, 0.15) is 18.4 Å². The first-order valence-electron chi connectivity index (χ1n) is 7.37. The number of hydrogen-bond donors (Lipinski definition) is 1. The average Bonchev–Trinajstić information content (AvgIpc) is 2.81. The molecule has 1 N–H and O–H groups in total. The highest BCUT2D eigenvalue weighted by Gasteiger charge is 2.49. The average molecular weight is 393 g/mol. The summed E-state index contributed by atoms with van der Waals surface area (Å²) in [5.74, 6) is -0.729. The van der Waals surface area contributed by atoms with Crippen molar-refractivity contribution >= 4 is 37.4 Å². The van der Waals surface area contributed by atoms with E-state index in [9.17, 15) is 21.6 Å². The zero-order chi connectivity index (χ0) is 17.7. The Labute approximate surface area is 145 Å². The Morgan fingerprint density at radius 2 is 1.96 bits per heavy atom. The number of benzene rings is 1. The number of halogens is 1. The van der Waals surface area contributed by atoms with Gasteiger partial charge in [-0.25, -0.2) is 16.8 Å². The summed E-state index contributed by atoms with van der Waals surface area (Å²) in [5.41, 5.74) is 0.160. The van der Waals surface area contributed by atoms with Crippen LogP contribution in [-0.2, 0) is 30.4 Å². The fourth-order valence-electron chi connectivity index (χ4n) is 3.28. The molecule has 2 unspecified atom stereocenters. The first-order valence-corrected chi connectivity index (χ1v) is 11.2. The molecule has 2 atom stereocenters. The first-order chi connectivity index (χ1) is 11.1. The third-order valence-electron chi connectivity index (χ3n) is 4.26. The molecule has 0 aliphatic carbocycles. The number of piperazine rings is 1. The number of carbonyl (C=O) groups is 1. The maximum atomic E-state index is 13.1. The summed E-state index contributed by atoms with van der Waals surface area (Å²) in [5, 5.41) is 2.89. The van der Waals surface area contributed by atoms with Gasteiger partial charge in [-0.1, -0.05) is 17.7 Å². The van der Waals surface area contributed by atoms with Crippen molar-refractivity contribution in [2.45, 2.75) is 35.6 Å². The largest absolute Gasteiger partial charge is 0.353 e. The lowest BCUT2D eigenvalue weighted by molar-refractivity contribution is -0.126. The summed E-state index contributed by atoms with van der Waals surface area (Å²) in [7, 11) is -7.46. The van der Waals surface area contributed by atoms with Gasteiger partial charge in [-0.2, -0.15) is 4.31 Å². The third kappa shape index (κ3) is 3.17. The van der Waals surface area contributed by atoms with Crippen molar-refractivity contribution in [2.75, 3.05) is 12.8 Å². The summed E-state index contributed by atoms with van der Waals surface area (Å²) in [6.07, 6.45) is 2.08. The molecule has 2 saturated heterocycles. The van der Waals surface area contributed by atoms with Crippen molar-refractivity contribution in [1.29, 1.82) is 0 Å². The van der Waals surface area contributed by atoms with Crippen LogP contribution in [0.15, 0.2) is 23.1 Å².